The van der Waals surface area contributed by atoms with E-state index in [1.807, 2.05) is 11.8 Å². The summed E-state index contributed by atoms with van der Waals surface area (Å²) in [5, 5.41) is 15.0. The van der Waals surface area contributed by atoms with Gasteiger partial charge in [0.1, 0.15) is 0 Å². The lowest BCUT2D eigenvalue weighted by atomic mass is 9.98. The third kappa shape index (κ3) is 3.76. The standard InChI is InChI=1S/C15H24N2O2S/c18-13(11-5-1-2-6-11)9-15-16-14(17-19-15)10-20-12-7-3-4-8-12/h11-13,18H,1-10H2. The van der Waals surface area contributed by atoms with Gasteiger partial charge in [-0.2, -0.15) is 16.7 Å². The van der Waals surface area contributed by atoms with Crippen molar-refractivity contribution in [3.63, 3.8) is 0 Å². The van der Waals surface area contributed by atoms with Gasteiger partial charge in [-0.05, 0) is 31.6 Å². The van der Waals surface area contributed by atoms with Crippen molar-refractivity contribution in [2.24, 2.45) is 5.92 Å². The van der Waals surface area contributed by atoms with Crippen molar-refractivity contribution in [2.75, 3.05) is 0 Å². The van der Waals surface area contributed by atoms with E-state index in [-0.39, 0.29) is 6.10 Å². The van der Waals surface area contributed by atoms with E-state index < -0.39 is 0 Å². The van der Waals surface area contributed by atoms with E-state index in [1.165, 1.54) is 38.5 Å². The van der Waals surface area contributed by atoms with Crippen LogP contribution in [0.3, 0.4) is 0 Å². The van der Waals surface area contributed by atoms with Crippen LogP contribution in [0.4, 0.5) is 0 Å². The molecule has 112 valence electrons. The first-order chi connectivity index (χ1) is 9.81. The van der Waals surface area contributed by atoms with Crippen LogP contribution in [-0.2, 0) is 12.2 Å². The number of aliphatic hydroxyl groups excluding tert-OH is 1. The van der Waals surface area contributed by atoms with E-state index in [1.54, 1.807) is 0 Å². The molecule has 0 bridgehead atoms. The summed E-state index contributed by atoms with van der Waals surface area (Å²) in [5.74, 6) is 2.66. The lowest BCUT2D eigenvalue weighted by molar-refractivity contribution is 0.102. The molecular formula is C15H24N2O2S. The number of hydrogen-bond donors (Lipinski definition) is 1. The summed E-state index contributed by atoms with van der Waals surface area (Å²) >= 11 is 1.95. The first kappa shape index (κ1) is 14.4. The largest absolute Gasteiger partial charge is 0.392 e. The number of rotatable bonds is 6. The molecule has 0 radical (unpaired) electrons. The van der Waals surface area contributed by atoms with Crippen molar-refractivity contribution < 1.29 is 9.63 Å². The number of aliphatic hydroxyl groups is 1. The third-order valence-electron chi connectivity index (χ3n) is 4.59. The first-order valence-corrected chi connectivity index (χ1v) is 8.97. The van der Waals surface area contributed by atoms with Crippen molar-refractivity contribution in [1.82, 2.24) is 10.1 Å². The zero-order chi connectivity index (χ0) is 13.8. The highest BCUT2D eigenvalue weighted by molar-refractivity contribution is 7.99. The van der Waals surface area contributed by atoms with Crippen molar-refractivity contribution >= 4 is 11.8 Å². The van der Waals surface area contributed by atoms with E-state index in [0.29, 0.717) is 18.2 Å². The Labute approximate surface area is 124 Å². The van der Waals surface area contributed by atoms with Crippen molar-refractivity contribution in [3.05, 3.63) is 11.7 Å². The first-order valence-electron chi connectivity index (χ1n) is 7.92. The van der Waals surface area contributed by atoms with Crippen molar-refractivity contribution in [3.8, 4) is 0 Å². The third-order valence-corrected chi connectivity index (χ3v) is 5.96. The highest BCUT2D eigenvalue weighted by Crippen LogP contribution is 2.31. The summed E-state index contributed by atoms with van der Waals surface area (Å²) in [6.07, 6.45) is 10.4. The summed E-state index contributed by atoms with van der Waals surface area (Å²) in [5.41, 5.74) is 0. The topological polar surface area (TPSA) is 59.2 Å². The lowest BCUT2D eigenvalue weighted by Crippen LogP contribution is -2.20. The highest BCUT2D eigenvalue weighted by Gasteiger charge is 2.25. The van der Waals surface area contributed by atoms with Crippen LogP contribution in [0, 0.1) is 5.92 Å². The summed E-state index contributed by atoms with van der Waals surface area (Å²) in [6, 6.07) is 0. The van der Waals surface area contributed by atoms with Gasteiger partial charge < -0.3 is 9.63 Å². The molecule has 1 atom stereocenters. The summed E-state index contributed by atoms with van der Waals surface area (Å²) in [4.78, 5) is 4.42. The SMILES string of the molecule is OC(Cc1nc(CSC2CCCC2)no1)C1CCCC1. The van der Waals surface area contributed by atoms with Gasteiger partial charge in [-0.25, -0.2) is 0 Å². The maximum absolute atomic E-state index is 10.2. The minimum Gasteiger partial charge on any atom is -0.392 e. The molecule has 2 aliphatic rings. The fraction of sp³-hybridized carbons (Fsp3) is 0.867. The van der Waals surface area contributed by atoms with Gasteiger partial charge in [0.25, 0.3) is 0 Å². The molecule has 1 aromatic rings. The fourth-order valence-corrected chi connectivity index (χ4v) is 4.54. The van der Waals surface area contributed by atoms with Crippen LogP contribution < -0.4 is 0 Å². The second-order valence-corrected chi connectivity index (χ2v) is 7.43. The minimum absolute atomic E-state index is 0.312. The van der Waals surface area contributed by atoms with Gasteiger partial charge >= 0.3 is 0 Å². The Morgan fingerprint density at radius 1 is 1.15 bits per heavy atom. The molecule has 0 saturated heterocycles. The van der Waals surface area contributed by atoms with Crippen molar-refractivity contribution in [2.45, 2.75) is 74.9 Å². The Balaban J connectivity index is 1.45. The molecule has 1 N–H and O–H groups in total. The van der Waals surface area contributed by atoms with E-state index in [4.69, 9.17) is 4.52 Å². The van der Waals surface area contributed by atoms with Crippen molar-refractivity contribution in [1.29, 1.82) is 0 Å². The average Bonchev–Trinajstić information content (AvgIpc) is 3.19. The summed E-state index contributed by atoms with van der Waals surface area (Å²) in [6.45, 7) is 0. The monoisotopic (exact) mass is 296 g/mol. The zero-order valence-electron chi connectivity index (χ0n) is 12.0. The maximum atomic E-state index is 10.2. The van der Waals surface area contributed by atoms with Gasteiger partial charge in [-0.15, -0.1) is 0 Å². The molecular weight excluding hydrogens is 272 g/mol. The van der Waals surface area contributed by atoms with Crippen LogP contribution in [-0.4, -0.2) is 26.6 Å². The zero-order valence-corrected chi connectivity index (χ0v) is 12.8. The second kappa shape index (κ2) is 6.94. The molecule has 4 nitrogen and oxygen atoms in total. The molecule has 5 heteroatoms. The van der Waals surface area contributed by atoms with Crippen LogP contribution in [0.1, 0.15) is 63.1 Å². The molecule has 20 heavy (non-hydrogen) atoms. The number of hydrogen-bond acceptors (Lipinski definition) is 5. The van der Waals surface area contributed by atoms with Crippen LogP contribution >= 0.6 is 11.8 Å². The smallest absolute Gasteiger partial charge is 0.229 e. The van der Waals surface area contributed by atoms with Crippen LogP contribution in [0.25, 0.3) is 0 Å². The van der Waals surface area contributed by atoms with Gasteiger partial charge in [0.15, 0.2) is 5.82 Å². The Morgan fingerprint density at radius 2 is 1.85 bits per heavy atom. The normalized spacial score (nSPS) is 22.6. The molecule has 0 amide bonds. The Morgan fingerprint density at radius 3 is 2.60 bits per heavy atom. The van der Waals surface area contributed by atoms with Gasteiger partial charge in [0, 0.05) is 5.25 Å². The number of nitrogens with zero attached hydrogens (tertiary/aromatic N) is 2. The molecule has 0 aliphatic heterocycles. The highest BCUT2D eigenvalue weighted by atomic mass is 32.2. The predicted octanol–water partition coefficient (Wildman–Crippen LogP) is 3.34. The number of aromatic nitrogens is 2. The van der Waals surface area contributed by atoms with Gasteiger partial charge in [-0.3, -0.25) is 0 Å². The predicted molar refractivity (Wildman–Crippen MR) is 79.5 cm³/mol. The Kier molecular flexibility index (Phi) is 4.99. The van der Waals surface area contributed by atoms with E-state index in [2.05, 4.69) is 10.1 Å². The molecule has 1 aromatic heterocycles. The van der Waals surface area contributed by atoms with Gasteiger partial charge in [0.05, 0.1) is 18.3 Å². The summed E-state index contributed by atoms with van der Waals surface area (Å²) in [7, 11) is 0. The molecule has 0 aromatic carbocycles. The lowest BCUT2D eigenvalue weighted by Gasteiger charge is -2.14. The minimum atomic E-state index is -0.312. The fourth-order valence-electron chi connectivity index (χ4n) is 3.37. The molecule has 2 saturated carbocycles. The Hall–Kier alpha value is -0.550. The van der Waals surface area contributed by atoms with E-state index in [0.717, 1.165) is 29.7 Å². The maximum Gasteiger partial charge on any atom is 0.229 e. The molecule has 0 spiro atoms. The van der Waals surface area contributed by atoms with E-state index in [9.17, 15) is 5.11 Å². The quantitative estimate of drug-likeness (QED) is 0.872. The van der Waals surface area contributed by atoms with Gasteiger partial charge in [-0.1, -0.05) is 30.8 Å². The van der Waals surface area contributed by atoms with Crippen LogP contribution in [0.2, 0.25) is 0 Å². The van der Waals surface area contributed by atoms with E-state index >= 15 is 0 Å². The molecule has 1 heterocycles. The second-order valence-electron chi connectivity index (χ2n) is 6.14. The summed E-state index contributed by atoms with van der Waals surface area (Å²) < 4.78 is 5.28. The molecule has 1 unspecified atom stereocenters. The van der Waals surface area contributed by atoms with Crippen LogP contribution in [0.15, 0.2) is 4.52 Å². The molecule has 3 rings (SSSR count). The Bertz CT molecular complexity index is 412. The van der Waals surface area contributed by atoms with Crippen LogP contribution in [0.5, 0.6) is 0 Å². The molecule has 2 fully saturated rings. The number of thioether (sulfide) groups is 1. The average molecular weight is 296 g/mol. The molecule has 2 aliphatic carbocycles. The van der Waals surface area contributed by atoms with Gasteiger partial charge in [0.2, 0.25) is 5.89 Å².